The van der Waals surface area contributed by atoms with Crippen molar-refractivity contribution in [2.75, 3.05) is 13.2 Å². The molecule has 1 aromatic heterocycles. The maximum absolute atomic E-state index is 13.0. The first-order valence-electron chi connectivity index (χ1n) is 8.15. The summed E-state index contributed by atoms with van der Waals surface area (Å²) in [6.45, 7) is 7.51. The third kappa shape index (κ3) is 4.02. The third-order valence-electron chi connectivity index (χ3n) is 3.81. The van der Waals surface area contributed by atoms with Crippen LogP contribution in [-0.2, 0) is 16.1 Å². The van der Waals surface area contributed by atoms with Gasteiger partial charge in [-0.25, -0.2) is 9.48 Å². The van der Waals surface area contributed by atoms with Crippen molar-refractivity contribution in [1.29, 1.82) is 0 Å². The Hall–Kier alpha value is -2.05. The third-order valence-corrected chi connectivity index (χ3v) is 4.88. The van der Waals surface area contributed by atoms with Crippen LogP contribution in [0.4, 0.5) is 0 Å². The zero-order valence-corrected chi connectivity index (χ0v) is 16.6. The van der Waals surface area contributed by atoms with E-state index >= 15 is 0 Å². The molecule has 0 aliphatic heterocycles. The Morgan fingerprint density at radius 1 is 1.15 bits per heavy atom. The summed E-state index contributed by atoms with van der Waals surface area (Å²) in [6.07, 6.45) is 1.40. The number of esters is 1. The fourth-order valence-corrected chi connectivity index (χ4v) is 2.92. The Bertz CT molecular complexity index is 846. The number of aromatic nitrogens is 2. The van der Waals surface area contributed by atoms with Crippen molar-refractivity contribution in [1.82, 2.24) is 9.78 Å². The minimum absolute atomic E-state index is 0.201. The van der Waals surface area contributed by atoms with Crippen LogP contribution in [0, 0.1) is 13.8 Å². The molecule has 0 atom stereocenters. The standard InChI is InChI=1S/C18H20Cl2N2O4/c1-5-22-18(26-9-14(23)25-6-2)13(8-21-22)17(24)12-7-10(3)15(19)11(4)16(12)20/h7-8H,5-6,9H2,1-4H3. The summed E-state index contributed by atoms with van der Waals surface area (Å²) in [7, 11) is 0. The molecule has 6 nitrogen and oxygen atoms in total. The molecule has 0 saturated heterocycles. The average Bonchev–Trinajstić information content (AvgIpc) is 3.03. The van der Waals surface area contributed by atoms with Gasteiger partial charge in [0.1, 0.15) is 5.56 Å². The van der Waals surface area contributed by atoms with Gasteiger partial charge in [0, 0.05) is 17.1 Å². The van der Waals surface area contributed by atoms with E-state index in [2.05, 4.69) is 5.10 Å². The molecule has 0 spiro atoms. The molecule has 0 radical (unpaired) electrons. The van der Waals surface area contributed by atoms with Gasteiger partial charge in [-0.2, -0.15) is 5.10 Å². The summed E-state index contributed by atoms with van der Waals surface area (Å²) in [5.41, 5.74) is 1.91. The lowest BCUT2D eigenvalue weighted by Gasteiger charge is -2.12. The molecule has 0 aliphatic carbocycles. The molecule has 1 aromatic carbocycles. The number of carbonyl (C=O) groups is 2. The summed E-state index contributed by atoms with van der Waals surface area (Å²) in [4.78, 5) is 24.6. The van der Waals surface area contributed by atoms with Crippen LogP contribution in [0.3, 0.4) is 0 Å². The largest absolute Gasteiger partial charge is 0.465 e. The first-order chi connectivity index (χ1) is 12.3. The summed E-state index contributed by atoms with van der Waals surface area (Å²) in [5.74, 6) is -0.672. The number of ketones is 1. The van der Waals surface area contributed by atoms with Crippen molar-refractivity contribution in [3.63, 3.8) is 0 Å². The second kappa shape index (κ2) is 8.56. The highest BCUT2D eigenvalue weighted by atomic mass is 35.5. The minimum Gasteiger partial charge on any atom is -0.465 e. The highest BCUT2D eigenvalue weighted by molar-refractivity contribution is 6.39. The summed E-state index contributed by atoms with van der Waals surface area (Å²) >= 11 is 12.5. The fraction of sp³-hybridized carbons (Fsp3) is 0.389. The van der Waals surface area contributed by atoms with Crippen LogP contribution in [-0.4, -0.2) is 34.7 Å². The van der Waals surface area contributed by atoms with Gasteiger partial charge in [-0.1, -0.05) is 23.2 Å². The lowest BCUT2D eigenvalue weighted by Crippen LogP contribution is -2.17. The van der Waals surface area contributed by atoms with Gasteiger partial charge >= 0.3 is 5.97 Å². The molecule has 140 valence electrons. The van der Waals surface area contributed by atoms with Gasteiger partial charge in [0.05, 0.1) is 17.8 Å². The first-order valence-corrected chi connectivity index (χ1v) is 8.91. The highest BCUT2D eigenvalue weighted by Crippen LogP contribution is 2.33. The predicted molar refractivity (Wildman–Crippen MR) is 99.4 cm³/mol. The normalized spacial score (nSPS) is 10.7. The second-order valence-corrected chi connectivity index (χ2v) is 6.35. The molecule has 0 N–H and O–H groups in total. The number of ether oxygens (including phenoxy) is 2. The monoisotopic (exact) mass is 398 g/mol. The van der Waals surface area contributed by atoms with Gasteiger partial charge in [0.2, 0.25) is 11.7 Å². The molecular formula is C18H20Cl2N2O4. The van der Waals surface area contributed by atoms with E-state index in [0.717, 1.165) is 5.56 Å². The van der Waals surface area contributed by atoms with Crippen molar-refractivity contribution in [2.45, 2.75) is 34.2 Å². The van der Waals surface area contributed by atoms with E-state index in [1.807, 2.05) is 6.92 Å². The quantitative estimate of drug-likeness (QED) is 0.520. The van der Waals surface area contributed by atoms with Crippen LogP contribution in [0.15, 0.2) is 12.3 Å². The Kier molecular flexibility index (Phi) is 6.67. The van der Waals surface area contributed by atoms with Crippen molar-refractivity contribution >= 4 is 35.0 Å². The Morgan fingerprint density at radius 3 is 2.46 bits per heavy atom. The number of hydrogen-bond acceptors (Lipinski definition) is 5. The topological polar surface area (TPSA) is 70.4 Å². The number of carbonyl (C=O) groups excluding carboxylic acids is 2. The Morgan fingerprint density at radius 2 is 1.85 bits per heavy atom. The second-order valence-electron chi connectivity index (χ2n) is 5.60. The van der Waals surface area contributed by atoms with Crippen LogP contribution in [0.25, 0.3) is 0 Å². The fourth-order valence-electron chi connectivity index (χ4n) is 2.48. The predicted octanol–water partition coefficient (Wildman–Crippen LogP) is 4.00. The van der Waals surface area contributed by atoms with Crippen LogP contribution in [0.2, 0.25) is 10.0 Å². The van der Waals surface area contributed by atoms with Gasteiger partial charge < -0.3 is 9.47 Å². The summed E-state index contributed by atoms with van der Waals surface area (Å²) in [6, 6.07) is 1.64. The van der Waals surface area contributed by atoms with Crippen molar-refractivity contribution in [2.24, 2.45) is 0 Å². The van der Waals surface area contributed by atoms with Gasteiger partial charge in [-0.15, -0.1) is 0 Å². The van der Waals surface area contributed by atoms with Gasteiger partial charge in [0.15, 0.2) is 6.61 Å². The Labute approximate surface area is 162 Å². The molecule has 2 rings (SSSR count). The van der Waals surface area contributed by atoms with Crippen molar-refractivity contribution in [3.8, 4) is 5.88 Å². The molecule has 0 amide bonds. The van der Waals surface area contributed by atoms with E-state index in [4.69, 9.17) is 32.7 Å². The molecule has 0 unspecified atom stereocenters. The maximum atomic E-state index is 13.0. The lowest BCUT2D eigenvalue weighted by molar-refractivity contribution is -0.145. The minimum atomic E-state index is -0.522. The molecule has 8 heteroatoms. The van der Waals surface area contributed by atoms with Crippen LogP contribution < -0.4 is 4.74 Å². The van der Waals surface area contributed by atoms with Gasteiger partial charge in [-0.05, 0) is 44.9 Å². The summed E-state index contributed by atoms with van der Waals surface area (Å²) in [5, 5.41) is 4.95. The molecule has 0 fully saturated rings. The van der Waals surface area contributed by atoms with E-state index in [9.17, 15) is 9.59 Å². The number of nitrogens with zero attached hydrogens (tertiary/aromatic N) is 2. The van der Waals surface area contributed by atoms with Crippen molar-refractivity contribution in [3.05, 3.63) is 44.6 Å². The van der Waals surface area contributed by atoms with Crippen LogP contribution >= 0.6 is 23.2 Å². The molecule has 26 heavy (non-hydrogen) atoms. The molecule has 2 aromatic rings. The van der Waals surface area contributed by atoms with Crippen LogP contribution in [0.1, 0.15) is 40.9 Å². The van der Waals surface area contributed by atoms with Gasteiger partial charge in [0.25, 0.3) is 0 Å². The number of rotatable bonds is 7. The van der Waals surface area contributed by atoms with Crippen molar-refractivity contribution < 1.29 is 19.1 Å². The average molecular weight is 399 g/mol. The molecule has 0 bridgehead atoms. The van der Waals surface area contributed by atoms with E-state index in [1.54, 1.807) is 26.8 Å². The number of benzene rings is 1. The van der Waals surface area contributed by atoms with E-state index in [-0.39, 0.29) is 35.5 Å². The smallest absolute Gasteiger partial charge is 0.344 e. The van der Waals surface area contributed by atoms with Crippen LogP contribution in [0.5, 0.6) is 5.88 Å². The molecule has 0 aliphatic rings. The highest BCUT2D eigenvalue weighted by Gasteiger charge is 2.24. The summed E-state index contributed by atoms with van der Waals surface area (Å²) < 4.78 is 11.9. The molecular weight excluding hydrogens is 379 g/mol. The number of aryl methyl sites for hydroxylation is 2. The van der Waals surface area contributed by atoms with E-state index < -0.39 is 5.97 Å². The molecule has 0 saturated carbocycles. The van der Waals surface area contributed by atoms with Gasteiger partial charge in [-0.3, -0.25) is 4.79 Å². The zero-order chi connectivity index (χ0) is 19.4. The number of halogens is 2. The lowest BCUT2D eigenvalue weighted by atomic mass is 10.0. The zero-order valence-electron chi connectivity index (χ0n) is 15.1. The first kappa shape index (κ1) is 20.3. The van der Waals surface area contributed by atoms with E-state index in [0.29, 0.717) is 22.7 Å². The molecule has 1 heterocycles. The maximum Gasteiger partial charge on any atom is 0.344 e. The number of hydrogen-bond donors (Lipinski definition) is 0. The van der Waals surface area contributed by atoms with E-state index in [1.165, 1.54) is 10.9 Å². The SMILES string of the molecule is CCOC(=O)COc1c(C(=O)c2cc(C)c(Cl)c(C)c2Cl)cnn1CC. The Balaban J connectivity index is 2.41.